The van der Waals surface area contributed by atoms with Gasteiger partial charge in [-0.15, -0.1) is 0 Å². The van der Waals surface area contributed by atoms with Gasteiger partial charge in [0.2, 0.25) is 5.88 Å². The molecule has 2 heterocycles. The molecule has 2 aromatic heterocycles. The molecule has 6 nitrogen and oxygen atoms in total. The van der Waals surface area contributed by atoms with Crippen molar-refractivity contribution in [2.75, 3.05) is 7.11 Å². The normalized spacial score (nSPS) is 12.4. The number of methoxy groups -OCH3 is 1. The molecule has 0 aliphatic rings. The fourth-order valence-electron chi connectivity index (χ4n) is 1.85. The lowest BCUT2D eigenvalue weighted by Gasteiger charge is -2.11. The van der Waals surface area contributed by atoms with Gasteiger partial charge in [0.1, 0.15) is 18.3 Å². The van der Waals surface area contributed by atoms with Crippen molar-refractivity contribution in [3.63, 3.8) is 0 Å². The second kappa shape index (κ2) is 6.29. The molecule has 1 atom stereocenters. The van der Waals surface area contributed by atoms with E-state index >= 15 is 0 Å². The Balaban J connectivity index is 2.11. The molecule has 0 saturated heterocycles. The van der Waals surface area contributed by atoms with Gasteiger partial charge < -0.3 is 9.84 Å². The van der Waals surface area contributed by atoms with Gasteiger partial charge in [0.25, 0.3) is 0 Å². The van der Waals surface area contributed by atoms with Gasteiger partial charge in [0, 0.05) is 19.0 Å². The number of pyridine rings is 1. The van der Waals surface area contributed by atoms with Crippen LogP contribution in [-0.2, 0) is 13.0 Å². The van der Waals surface area contributed by atoms with Gasteiger partial charge in [-0.25, -0.2) is 9.97 Å². The van der Waals surface area contributed by atoms with Gasteiger partial charge >= 0.3 is 0 Å². The summed E-state index contributed by atoms with van der Waals surface area (Å²) in [6, 6.07) is 5.32. The number of aliphatic hydroxyl groups excluding tert-OH is 1. The maximum atomic E-state index is 10.2. The van der Waals surface area contributed by atoms with Crippen LogP contribution in [0.1, 0.15) is 31.0 Å². The number of rotatable bonds is 6. The first-order chi connectivity index (χ1) is 9.24. The molecular formula is C13H18N4O2. The second-order valence-electron chi connectivity index (χ2n) is 4.22. The number of ether oxygens (including phenoxy) is 1. The maximum absolute atomic E-state index is 10.2. The number of aromatic nitrogens is 4. The molecule has 2 rings (SSSR count). The van der Waals surface area contributed by atoms with E-state index in [-0.39, 0.29) is 0 Å². The summed E-state index contributed by atoms with van der Waals surface area (Å²) in [7, 11) is 1.55. The summed E-state index contributed by atoms with van der Waals surface area (Å²) in [5, 5.41) is 14.3. The van der Waals surface area contributed by atoms with Crippen molar-refractivity contribution in [3.05, 3.63) is 36.0 Å². The Hall–Kier alpha value is -1.95. The van der Waals surface area contributed by atoms with Gasteiger partial charge in [-0.05, 0) is 12.5 Å². The second-order valence-corrected chi connectivity index (χ2v) is 4.22. The molecule has 1 unspecified atom stereocenters. The molecule has 0 aromatic carbocycles. The lowest BCUT2D eigenvalue weighted by atomic mass is 10.1. The van der Waals surface area contributed by atoms with E-state index in [4.69, 9.17) is 4.74 Å². The molecular weight excluding hydrogens is 244 g/mol. The Kier molecular flexibility index (Phi) is 4.46. The van der Waals surface area contributed by atoms with Crippen LogP contribution in [0.2, 0.25) is 0 Å². The molecule has 6 heteroatoms. The zero-order valence-electron chi connectivity index (χ0n) is 11.2. The molecule has 0 saturated carbocycles. The number of hydrogen-bond acceptors (Lipinski definition) is 5. The quantitative estimate of drug-likeness (QED) is 0.851. The van der Waals surface area contributed by atoms with Gasteiger partial charge in [0.15, 0.2) is 0 Å². The fraction of sp³-hybridized carbons (Fsp3) is 0.462. The minimum atomic E-state index is -0.713. The van der Waals surface area contributed by atoms with Crippen LogP contribution in [0, 0.1) is 0 Å². The predicted octanol–water partition coefficient (Wildman–Crippen LogP) is 1.37. The maximum Gasteiger partial charge on any atom is 0.213 e. The monoisotopic (exact) mass is 262 g/mol. The topological polar surface area (TPSA) is 73.1 Å². The van der Waals surface area contributed by atoms with Crippen LogP contribution >= 0.6 is 0 Å². The number of nitrogens with zero attached hydrogens (tertiary/aromatic N) is 4. The zero-order valence-corrected chi connectivity index (χ0v) is 11.2. The van der Waals surface area contributed by atoms with Crippen molar-refractivity contribution in [2.24, 2.45) is 0 Å². The third-order valence-corrected chi connectivity index (χ3v) is 2.80. The molecule has 0 aliphatic carbocycles. The van der Waals surface area contributed by atoms with Crippen molar-refractivity contribution < 1.29 is 9.84 Å². The van der Waals surface area contributed by atoms with Gasteiger partial charge in [-0.1, -0.05) is 13.0 Å². The molecule has 102 valence electrons. The molecule has 0 radical (unpaired) electrons. The highest BCUT2D eigenvalue weighted by Gasteiger charge is 2.14. The fourth-order valence-corrected chi connectivity index (χ4v) is 1.85. The van der Waals surface area contributed by atoms with Gasteiger partial charge in [-0.3, -0.25) is 4.68 Å². The van der Waals surface area contributed by atoms with Crippen molar-refractivity contribution in [2.45, 2.75) is 32.4 Å². The van der Waals surface area contributed by atoms with Crippen LogP contribution < -0.4 is 4.74 Å². The molecule has 2 aromatic rings. The van der Waals surface area contributed by atoms with Crippen molar-refractivity contribution in [1.29, 1.82) is 0 Å². The molecule has 1 N–H and O–H groups in total. The van der Waals surface area contributed by atoms with E-state index in [1.165, 1.54) is 6.33 Å². The molecule has 0 amide bonds. The lowest BCUT2D eigenvalue weighted by molar-refractivity contribution is 0.168. The Bertz CT molecular complexity index is 527. The molecule has 0 bridgehead atoms. The summed E-state index contributed by atoms with van der Waals surface area (Å²) in [6.07, 6.45) is 2.16. The van der Waals surface area contributed by atoms with E-state index in [0.717, 1.165) is 18.8 Å². The van der Waals surface area contributed by atoms with Crippen molar-refractivity contribution in [3.8, 4) is 5.88 Å². The van der Waals surface area contributed by atoms with Crippen molar-refractivity contribution in [1.82, 2.24) is 19.7 Å². The first-order valence-corrected chi connectivity index (χ1v) is 6.30. The number of hydrogen-bond donors (Lipinski definition) is 1. The highest BCUT2D eigenvalue weighted by atomic mass is 16.5. The summed E-state index contributed by atoms with van der Waals surface area (Å²) in [5.41, 5.74) is 0.574. The van der Waals surface area contributed by atoms with Crippen LogP contribution in [0.25, 0.3) is 0 Å². The highest BCUT2D eigenvalue weighted by molar-refractivity contribution is 5.17. The first kappa shape index (κ1) is 13.5. The SMILES string of the molecule is CCCn1ncnc1CC(O)c1cccc(OC)n1. The first-order valence-electron chi connectivity index (χ1n) is 6.30. The molecule has 0 aliphatic heterocycles. The third kappa shape index (κ3) is 3.29. The highest BCUT2D eigenvalue weighted by Crippen LogP contribution is 2.17. The molecule has 0 fully saturated rings. The molecule has 19 heavy (non-hydrogen) atoms. The van der Waals surface area contributed by atoms with E-state index in [2.05, 4.69) is 22.0 Å². The largest absolute Gasteiger partial charge is 0.481 e. The van der Waals surface area contributed by atoms with E-state index < -0.39 is 6.10 Å². The average Bonchev–Trinajstić information content (AvgIpc) is 2.86. The van der Waals surface area contributed by atoms with Crippen molar-refractivity contribution >= 4 is 0 Å². The molecule has 0 spiro atoms. The van der Waals surface area contributed by atoms with Crippen LogP contribution in [-0.4, -0.2) is 32.0 Å². The van der Waals surface area contributed by atoms with Crippen LogP contribution in [0.15, 0.2) is 24.5 Å². The Morgan fingerprint density at radius 1 is 1.42 bits per heavy atom. The average molecular weight is 262 g/mol. The minimum absolute atomic E-state index is 0.389. The summed E-state index contributed by atoms with van der Waals surface area (Å²) >= 11 is 0. The minimum Gasteiger partial charge on any atom is -0.481 e. The standard InChI is InChI=1S/C13H18N4O2/c1-3-7-17-12(14-9-15-17)8-11(18)10-5-4-6-13(16-10)19-2/h4-6,9,11,18H,3,7-8H2,1-2H3. The van der Waals surface area contributed by atoms with Gasteiger partial charge in [0.05, 0.1) is 12.8 Å². The Labute approximate surface area is 112 Å². The summed E-state index contributed by atoms with van der Waals surface area (Å²) < 4.78 is 6.86. The Morgan fingerprint density at radius 3 is 3.00 bits per heavy atom. The third-order valence-electron chi connectivity index (χ3n) is 2.80. The summed E-state index contributed by atoms with van der Waals surface area (Å²) in [6.45, 7) is 2.87. The van der Waals surface area contributed by atoms with Crippen LogP contribution in [0.5, 0.6) is 5.88 Å². The van der Waals surface area contributed by atoms with E-state index in [1.807, 2.05) is 4.68 Å². The van der Waals surface area contributed by atoms with Crippen LogP contribution in [0.4, 0.5) is 0 Å². The summed E-state index contributed by atoms with van der Waals surface area (Å²) in [4.78, 5) is 8.39. The number of aliphatic hydroxyl groups is 1. The van der Waals surface area contributed by atoms with Gasteiger partial charge in [-0.2, -0.15) is 5.10 Å². The predicted molar refractivity (Wildman–Crippen MR) is 69.8 cm³/mol. The van der Waals surface area contributed by atoms with E-state index in [1.54, 1.807) is 25.3 Å². The lowest BCUT2D eigenvalue weighted by Crippen LogP contribution is -2.11. The van der Waals surface area contributed by atoms with E-state index in [9.17, 15) is 5.11 Å². The Morgan fingerprint density at radius 2 is 2.26 bits per heavy atom. The smallest absolute Gasteiger partial charge is 0.213 e. The number of aryl methyl sites for hydroxylation is 1. The van der Waals surface area contributed by atoms with Crippen LogP contribution in [0.3, 0.4) is 0 Å². The zero-order chi connectivity index (χ0) is 13.7. The van der Waals surface area contributed by atoms with E-state index in [0.29, 0.717) is 18.0 Å². The summed E-state index contributed by atoms with van der Waals surface area (Å²) in [5.74, 6) is 1.26.